The second kappa shape index (κ2) is 6.66. The van der Waals surface area contributed by atoms with Gasteiger partial charge >= 0.3 is 5.97 Å². The van der Waals surface area contributed by atoms with Crippen molar-refractivity contribution in [2.75, 3.05) is 12.4 Å². The topological polar surface area (TPSA) is 81.5 Å². The number of halogens is 1. The molecule has 0 aliphatic rings. The highest BCUT2D eigenvalue weighted by atomic mass is 19.1. The number of anilines is 1. The number of hydrogen-bond acceptors (Lipinski definition) is 5. The van der Waals surface area contributed by atoms with E-state index in [1.807, 2.05) is 0 Å². The Bertz CT molecular complexity index is 718. The molecule has 0 amide bonds. The van der Waals surface area contributed by atoms with Crippen LogP contribution >= 0.6 is 0 Å². The van der Waals surface area contributed by atoms with Crippen LogP contribution in [0.3, 0.4) is 0 Å². The molecule has 0 aliphatic heterocycles. The molecule has 0 saturated carbocycles. The number of nitro benzene ring substituents is 1. The summed E-state index contributed by atoms with van der Waals surface area (Å²) in [4.78, 5) is 21.8. The van der Waals surface area contributed by atoms with Crippen molar-refractivity contribution in [1.82, 2.24) is 0 Å². The summed E-state index contributed by atoms with van der Waals surface area (Å²) < 4.78 is 18.3. The van der Waals surface area contributed by atoms with Gasteiger partial charge in [0.05, 0.1) is 17.6 Å². The quantitative estimate of drug-likeness (QED) is 0.521. The Morgan fingerprint density at radius 3 is 2.73 bits per heavy atom. The average Bonchev–Trinajstić information content (AvgIpc) is 2.53. The zero-order chi connectivity index (χ0) is 16.1. The summed E-state index contributed by atoms with van der Waals surface area (Å²) >= 11 is 0. The van der Waals surface area contributed by atoms with Gasteiger partial charge in [-0.3, -0.25) is 10.1 Å². The van der Waals surface area contributed by atoms with E-state index in [0.717, 1.165) is 6.07 Å². The lowest BCUT2D eigenvalue weighted by molar-refractivity contribution is -0.384. The highest BCUT2D eigenvalue weighted by Crippen LogP contribution is 2.24. The molecule has 22 heavy (non-hydrogen) atoms. The third-order valence-corrected chi connectivity index (χ3v) is 3.04. The van der Waals surface area contributed by atoms with Crippen LogP contribution in [0.15, 0.2) is 42.5 Å². The van der Waals surface area contributed by atoms with E-state index < -0.39 is 16.7 Å². The normalized spacial score (nSPS) is 10.1. The van der Waals surface area contributed by atoms with E-state index in [1.165, 1.54) is 31.4 Å². The van der Waals surface area contributed by atoms with Gasteiger partial charge in [-0.2, -0.15) is 0 Å². The molecule has 2 aromatic carbocycles. The van der Waals surface area contributed by atoms with E-state index in [9.17, 15) is 19.3 Å². The minimum absolute atomic E-state index is 0.00151. The lowest BCUT2D eigenvalue weighted by atomic mass is 10.1. The molecule has 2 aromatic rings. The molecular formula is C15H13FN2O4. The maximum atomic E-state index is 13.8. The first-order chi connectivity index (χ1) is 10.5. The van der Waals surface area contributed by atoms with Crippen LogP contribution in [0.4, 0.5) is 15.8 Å². The van der Waals surface area contributed by atoms with Crippen LogP contribution in [0, 0.1) is 15.9 Å². The van der Waals surface area contributed by atoms with Crippen LogP contribution < -0.4 is 5.32 Å². The number of nitrogens with zero attached hydrogens (tertiary/aromatic N) is 1. The molecule has 0 atom stereocenters. The smallest absolute Gasteiger partial charge is 0.337 e. The molecule has 0 radical (unpaired) electrons. The van der Waals surface area contributed by atoms with Crippen LogP contribution in [-0.4, -0.2) is 18.0 Å². The third-order valence-electron chi connectivity index (χ3n) is 3.04. The van der Waals surface area contributed by atoms with Gasteiger partial charge in [0.2, 0.25) is 0 Å². The van der Waals surface area contributed by atoms with Crippen LogP contribution in [0.1, 0.15) is 15.9 Å². The molecule has 0 unspecified atom stereocenters. The number of benzene rings is 2. The number of esters is 1. The van der Waals surface area contributed by atoms with Crippen molar-refractivity contribution in [3.63, 3.8) is 0 Å². The Kier molecular flexibility index (Phi) is 4.67. The fraction of sp³-hybridized carbons (Fsp3) is 0.133. The van der Waals surface area contributed by atoms with Gasteiger partial charge in [0, 0.05) is 18.2 Å². The lowest BCUT2D eigenvalue weighted by Crippen LogP contribution is -2.07. The summed E-state index contributed by atoms with van der Waals surface area (Å²) in [5.74, 6) is -1.09. The third kappa shape index (κ3) is 3.38. The van der Waals surface area contributed by atoms with Crippen LogP contribution in [0.25, 0.3) is 0 Å². The monoisotopic (exact) mass is 304 g/mol. The average molecular weight is 304 g/mol. The van der Waals surface area contributed by atoms with Crippen LogP contribution in [0.2, 0.25) is 0 Å². The number of nitro groups is 1. The number of carbonyl (C=O) groups excluding carboxylic acids is 1. The molecule has 6 nitrogen and oxygen atoms in total. The highest BCUT2D eigenvalue weighted by Gasteiger charge is 2.14. The van der Waals surface area contributed by atoms with Gasteiger partial charge in [-0.15, -0.1) is 0 Å². The van der Waals surface area contributed by atoms with Crippen molar-refractivity contribution in [2.45, 2.75) is 6.54 Å². The standard InChI is InChI=1S/C15H13FN2O4/c1-22-15(19)10-6-7-12(16)11(8-10)9-17-13-4-2-3-5-14(13)18(20)21/h2-8,17H,9H2,1H3. The molecule has 0 spiro atoms. The molecule has 114 valence electrons. The molecule has 1 N–H and O–H groups in total. The van der Waals surface area contributed by atoms with E-state index >= 15 is 0 Å². The van der Waals surface area contributed by atoms with Crippen molar-refractivity contribution < 1.29 is 18.8 Å². The number of ether oxygens (including phenoxy) is 1. The van der Waals surface area contributed by atoms with Crippen molar-refractivity contribution in [3.05, 3.63) is 69.5 Å². The first-order valence-electron chi connectivity index (χ1n) is 6.37. The number of hydrogen-bond donors (Lipinski definition) is 1. The first-order valence-corrected chi connectivity index (χ1v) is 6.37. The summed E-state index contributed by atoms with van der Waals surface area (Å²) in [6.45, 7) is 0.00151. The van der Waals surface area contributed by atoms with Gasteiger partial charge in [-0.1, -0.05) is 12.1 Å². The van der Waals surface area contributed by atoms with E-state index in [4.69, 9.17) is 0 Å². The molecule has 0 heterocycles. The van der Waals surface area contributed by atoms with Gasteiger partial charge in [0.25, 0.3) is 5.69 Å². The zero-order valence-electron chi connectivity index (χ0n) is 11.7. The Labute approximate surface area is 125 Å². The van der Waals surface area contributed by atoms with E-state index in [2.05, 4.69) is 10.1 Å². The van der Waals surface area contributed by atoms with Gasteiger partial charge in [-0.05, 0) is 24.3 Å². The summed E-state index contributed by atoms with van der Waals surface area (Å²) in [6.07, 6.45) is 0. The summed E-state index contributed by atoms with van der Waals surface area (Å²) in [5.41, 5.74) is 0.590. The minimum atomic E-state index is -0.577. The summed E-state index contributed by atoms with van der Waals surface area (Å²) in [5, 5.41) is 13.7. The Balaban J connectivity index is 2.22. The van der Waals surface area contributed by atoms with E-state index in [0.29, 0.717) is 0 Å². The Hall–Kier alpha value is -2.96. The van der Waals surface area contributed by atoms with Crippen LogP contribution in [-0.2, 0) is 11.3 Å². The van der Waals surface area contributed by atoms with Gasteiger partial charge < -0.3 is 10.1 Å². The predicted octanol–water partition coefficient (Wildman–Crippen LogP) is 3.13. The second-order valence-electron chi connectivity index (χ2n) is 4.43. The summed E-state index contributed by atoms with van der Waals surface area (Å²) in [6, 6.07) is 9.88. The fourth-order valence-electron chi connectivity index (χ4n) is 1.93. The van der Waals surface area contributed by atoms with Gasteiger partial charge in [0.1, 0.15) is 11.5 Å². The number of methoxy groups -OCH3 is 1. The molecule has 0 aromatic heterocycles. The van der Waals surface area contributed by atoms with E-state index in [-0.39, 0.29) is 29.0 Å². The highest BCUT2D eigenvalue weighted by molar-refractivity contribution is 5.89. The largest absolute Gasteiger partial charge is 0.465 e. The second-order valence-corrected chi connectivity index (χ2v) is 4.43. The maximum Gasteiger partial charge on any atom is 0.337 e. The first kappa shape index (κ1) is 15.4. The SMILES string of the molecule is COC(=O)c1ccc(F)c(CNc2ccccc2[N+](=O)[O-])c1. The van der Waals surface area contributed by atoms with Crippen LogP contribution in [0.5, 0.6) is 0 Å². The van der Waals surface area contributed by atoms with Crippen molar-refractivity contribution in [1.29, 1.82) is 0 Å². The lowest BCUT2D eigenvalue weighted by Gasteiger charge is -2.09. The summed E-state index contributed by atoms with van der Waals surface area (Å²) in [7, 11) is 1.23. The number of nitrogens with one attached hydrogen (secondary N) is 1. The molecule has 0 saturated heterocycles. The van der Waals surface area contributed by atoms with Gasteiger partial charge in [-0.25, -0.2) is 9.18 Å². The van der Waals surface area contributed by atoms with Crippen molar-refractivity contribution in [2.24, 2.45) is 0 Å². The van der Waals surface area contributed by atoms with Gasteiger partial charge in [0.15, 0.2) is 0 Å². The number of carbonyl (C=O) groups is 1. The maximum absolute atomic E-state index is 13.8. The predicted molar refractivity (Wildman–Crippen MR) is 78.2 cm³/mol. The molecule has 7 heteroatoms. The number of para-hydroxylation sites is 2. The number of rotatable bonds is 5. The van der Waals surface area contributed by atoms with Crippen molar-refractivity contribution in [3.8, 4) is 0 Å². The minimum Gasteiger partial charge on any atom is -0.465 e. The molecule has 0 aliphatic carbocycles. The Morgan fingerprint density at radius 1 is 1.32 bits per heavy atom. The fourth-order valence-corrected chi connectivity index (χ4v) is 1.93. The molecular weight excluding hydrogens is 291 g/mol. The Morgan fingerprint density at radius 2 is 2.05 bits per heavy atom. The van der Waals surface area contributed by atoms with Crippen molar-refractivity contribution >= 4 is 17.3 Å². The molecule has 2 rings (SSSR count). The molecule has 0 fully saturated rings. The van der Waals surface area contributed by atoms with E-state index in [1.54, 1.807) is 12.1 Å². The molecule has 0 bridgehead atoms. The zero-order valence-corrected chi connectivity index (χ0v) is 11.7.